The van der Waals surface area contributed by atoms with E-state index >= 15 is 0 Å². The first-order chi connectivity index (χ1) is 10.8. The summed E-state index contributed by atoms with van der Waals surface area (Å²) in [7, 11) is 0. The summed E-state index contributed by atoms with van der Waals surface area (Å²) in [6, 6.07) is -0.128. The third-order valence-corrected chi connectivity index (χ3v) is 4.30. The van der Waals surface area contributed by atoms with E-state index in [2.05, 4.69) is 25.6 Å². The standard InChI is InChI=1S/C14H20N6O2/c21-12-7-22-13(14(12)16-4-10-3-15-8-17-10)6-20-5-11(18-19-20)9-1-2-9/h3,5,8-9,12-14,16,21H,1-2,4,6-7H2,(H,15,17)/t12-,13+,14+/m0/s1. The Kier molecular flexibility index (Phi) is 3.65. The normalized spacial score (nSPS) is 28.3. The Morgan fingerprint density at radius 2 is 2.36 bits per heavy atom. The monoisotopic (exact) mass is 304 g/mol. The molecule has 0 aromatic carbocycles. The van der Waals surface area contributed by atoms with Gasteiger partial charge in [-0.2, -0.15) is 0 Å². The zero-order chi connectivity index (χ0) is 14.9. The minimum atomic E-state index is -0.514. The number of nitrogens with one attached hydrogen (secondary N) is 2. The van der Waals surface area contributed by atoms with Crippen LogP contribution in [0.1, 0.15) is 30.1 Å². The van der Waals surface area contributed by atoms with E-state index in [1.54, 1.807) is 12.5 Å². The minimum absolute atomic E-state index is 0.119. The van der Waals surface area contributed by atoms with E-state index in [0.29, 0.717) is 25.6 Å². The van der Waals surface area contributed by atoms with Gasteiger partial charge in [-0.15, -0.1) is 5.10 Å². The number of aliphatic hydroxyl groups is 1. The molecule has 3 N–H and O–H groups in total. The lowest BCUT2D eigenvalue weighted by molar-refractivity contribution is 0.0741. The molecule has 2 aromatic heterocycles. The molecule has 4 rings (SSSR count). The van der Waals surface area contributed by atoms with Crippen LogP contribution in [0.25, 0.3) is 0 Å². The molecule has 2 aromatic rings. The van der Waals surface area contributed by atoms with Crippen molar-refractivity contribution in [2.75, 3.05) is 6.61 Å². The molecule has 0 unspecified atom stereocenters. The fraction of sp³-hybridized carbons (Fsp3) is 0.643. The van der Waals surface area contributed by atoms with E-state index in [9.17, 15) is 5.11 Å². The molecule has 1 aliphatic heterocycles. The lowest BCUT2D eigenvalue weighted by Crippen LogP contribution is -2.45. The number of hydrogen-bond acceptors (Lipinski definition) is 6. The number of hydrogen-bond donors (Lipinski definition) is 3. The predicted octanol–water partition coefficient (Wildman–Crippen LogP) is -0.203. The molecule has 1 saturated heterocycles. The van der Waals surface area contributed by atoms with Gasteiger partial charge in [0.05, 0.1) is 43.4 Å². The molecule has 8 heteroatoms. The van der Waals surface area contributed by atoms with Crippen molar-refractivity contribution in [3.63, 3.8) is 0 Å². The number of H-pyrrole nitrogens is 1. The third-order valence-electron chi connectivity index (χ3n) is 4.30. The third kappa shape index (κ3) is 2.90. The highest BCUT2D eigenvalue weighted by atomic mass is 16.5. The molecule has 22 heavy (non-hydrogen) atoms. The lowest BCUT2D eigenvalue weighted by atomic mass is 10.1. The molecule has 2 aliphatic rings. The Labute approximate surface area is 127 Å². The highest BCUT2D eigenvalue weighted by molar-refractivity contribution is 5.09. The molecular weight excluding hydrogens is 284 g/mol. The smallest absolute Gasteiger partial charge is 0.0952 e. The first-order valence-corrected chi connectivity index (χ1v) is 7.70. The van der Waals surface area contributed by atoms with Crippen molar-refractivity contribution in [3.05, 3.63) is 30.1 Å². The van der Waals surface area contributed by atoms with Crippen LogP contribution in [0.2, 0.25) is 0 Å². The van der Waals surface area contributed by atoms with Crippen LogP contribution in [0, 0.1) is 0 Å². The number of rotatable bonds is 6. The maximum absolute atomic E-state index is 10.1. The Bertz CT molecular complexity index is 609. The zero-order valence-electron chi connectivity index (χ0n) is 12.2. The molecule has 8 nitrogen and oxygen atoms in total. The van der Waals surface area contributed by atoms with E-state index in [1.165, 1.54) is 12.8 Å². The topological polar surface area (TPSA) is 101 Å². The average Bonchev–Trinajstić information content (AvgIpc) is 2.92. The highest BCUT2D eigenvalue weighted by Crippen LogP contribution is 2.38. The molecule has 0 spiro atoms. The van der Waals surface area contributed by atoms with Gasteiger partial charge in [0.2, 0.25) is 0 Å². The predicted molar refractivity (Wildman–Crippen MR) is 77.0 cm³/mol. The van der Waals surface area contributed by atoms with Gasteiger partial charge in [-0.25, -0.2) is 9.67 Å². The minimum Gasteiger partial charge on any atom is -0.389 e. The number of aliphatic hydroxyl groups excluding tert-OH is 1. The SMILES string of the molecule is O[C@H]1CO[C@H](Cn2cc(C3CC3)nn2)[C@@H]1NCc1cnc[nH]1. The van der Waals surface area contributed by atoms with Crippen LogP contribution in [-0.2, 0) is 17.8 Å². The number of nitrogens with zero attached hydrogens (tertiary/aromatic N) is 4. The van der Waals surface area contributed by atoms with Gasteiger partial charge in [0.25, 0.3) is 0 Å². The van der Waals surface area contributed by atoms with Crippen molar-refractivity contribution >= 4 is 0 Å². The second kappa shape index (κ2) is 5.79. The quantitative estimate of drug-likeness (QED) is 0.683. The van der Waals surface area contributed by atoms with Crippen LogP contribution in [0.3, 0.4) is 0 Å². The fourth-order valence-corrected chi connectivity index (χ4v) is 2.87. The molecule has 3 atom stereocenters. The van der Waals surface area contributed by atoms with Gasteiger partial charge in [-0.1, -0.05) is 5.21 Å². The summed E-state index contributed by atoms with van der Waals surface area (Å²) in [5, 5.41) is 21.8. The first kappa shape index (κ1) is 13.9. The number of aromatic nitrogens is 5. The van der Waals surface area contributed by atoms with Gasteiger partial charge < -0.3 is 20.1 Å². The number of aromatic amines is 1. The number of imidazole rings is 1. The van der Waals surface area contributed by atoms with E-state index in [-0.39, 0.29) is 12.1 Å². The molecule has 3 heterocycles. The molecule has 0 radical (unpaired) electrons. The average molecular weight is 304 g/mol. The largest absolute Gasteiger partial charge is 0.389 e. The first-order valence-electron chi connectivity index (χ1n) is 7.70. The van der Waals surface area contributed by atoms with Crippen LogP contribution >= 0.6 is 0 Å². The second-order valence-corrected chi connectivity index (χ2v) is 6.06. The number of ether oxygens (including phenoxy) is 1. The Balaban J connectivity index is 1.38. The van der Waals surface area contributed by atoms with Crippen molar-refractivity contribution in [2.24, 2.45) is 0 Å². The summed E-state index contributed by atoms with van der Waals surface area (Å²) >= 11 is 0. The molecular formula is C14H20N6O2. The van der Waals surface area contributed by atoms with E-state index in [1.807, 2.05) is 10.9 Å². The van der Waals surface area contributed by atoms with Crippen LogP contribution in [-0.4, -0.2) is 54.9 Å². The summed E-state index contributed by atoms with van der Waals surface area (Å²) in [4.78, 5) is 7.03. The van der Waals surface area contributed by atoms with Crippen LogP contribution in [0.5, 0.6) is 0 Å². The molecule has 1 saturated carbocycles. The van der Waals surface area contributed by atoms with Crippen LogP contribution < -0.4 is 5.32 Å². The second-order valence-electron chi connectivity index (χ2n) is 6.06. The van der Waals surface area contributed by atoms with Gasteiger partial charge in [0, 0.05) is 30.6 Å². The maximum Gasteiger partial charge on any atom is 0.0952 e. The van der Waals surface area contributed by atoms with Crippen molar-refractivity contribution in [3.8, 4) is 0 Å². The molecule has 0 amide bonds. The van der Waals surface area contributed by atoms with E-state index < -0.39 is 6.10 Å². The maximum atomic E-state index is 10.1. The Morgan fingerprint density at radius 3 is 3.14 bits per heavy atom. The summed E-state index contributed by atoms with van der Waals surface area (Å²) < 4.78 is 7.53. The zero-order valence-corrected chi connectivity index (χ0v) is 12.2. The van der Waals surface area contributed by atoms with Gasteiger partial charge in [-0.3, -0.25) is 0 Å². The van der Waals surface area contributed by atoms with E-state index in [0.717, 1.165) is 11.4 Å². The van der Waals surface area contributed by atoms with Crippen molar-refractivity contribution in [2.45, 2.75) is 50.1 Å². The van der Waals surface area contributed by atoms with Crippen molar-refractivity contribution in [1.82, 2.24) is 30.3 Å². The molecule has 1 aliphatic carbocycles. The van der Waals surface area contributed by atoms with Crippen molar-refractivity contribution < 1.29 is 9.84 Å². The Hall–Kier alpha value is -1.77. The Morgan fingerprint density at radius 1 is 1.45 bits per heavy atom. The van der Waals surface area contributed by atoms with Gasteiger partial charge in [0.1, 0.15) is 0 Å². The fourth-order valence-electron chi connectivity index (χ4n) is 2.87. The lowest BCUT2D eigenvalue weighted by Gasteiger charge is -2.21. The molecule has 118 valence electrons. The van der Waals surface area contributed by atoms with Crippen molar-refractivity contribution in [1.29, 1.82) is 0 Å². The summed E-state index contributed by atoms with van der Waals surface area (Å²) in [6.07, 6.45) is 7.20. The highest BCUT2D eigenvalue weighted by Gasteiger charge is 2.36. The summed E-state index contributed by atoms with van der Waals surface area (Å²) in [5.41, 5.74) is 2.05. The van der Waals surface area contributed by atoms with Crippen LogP contribution in [0.15, 0.2) is 18.7 Å². The molecule has 0 bridgehead atoms. The van der Waals surface area contributed by atoms with Gasteiger partial charge in [-0.05, 0) is 12.8 Å². The summed E-state index contributed by atoms with van der Waals surface area (Å²) in [5.74, 6) is 0.595. The van der Waals surface area contributed by atoms with Crippen LogP contribution in [0.4, 0.5) is 0 Å². The molecule has 2 fully saturated rings. The van der Waals surface area contributed by atoms with Gasteiger partial charge >= 0.3 is 0 Å². The summed E-state index contributed by atoms with van der Waals surface area (Å²) in [6.45, 7) is 1.55. The van der Waals surface area contributed by atoms with E-state index in [4.69, 9.17) is 4.74 Å². The van der Waals surface area contributed by atoms with Gasteiger partial charge in [0.15, 0.2) is 0 Å².